The Morgan fingerprint density at radius 3 is 2.54 bits per heavy atom. The molecule has 0 heterocycles. The molecule has 0 unspecified atom stereocenters. The van der Waals surface area contributed by atoms with Gasteiger partial charge in [-0.1, -0.05) is 54.6 Å². The molecule has 0 fully saturated rings. The molecule has 2 aromatic rings. The molecule has 0 aromatic heterocycles. The largest absolute Gasteiger partial charge is 0.480 e. The highest BCUT2D eigenvalue weighted by Gasteiger charge is 2.18. The Morgan fingerprint density at radius 2 is 1.88 bits per heavy atom. The summed E-state index contributed by atoms with van der Waals surface area (Å²) < 4.78 is 13.1. The van der Waals surface area contributed by atoms with Gasteiger partial charge in [0.1, 0.15) is 11.9 Å². The number of hydrogen-bond donors (Lipinski definition) is 2. The van der Waals surface area contributed by atoms with Crippen LogP contribution in [0.4, 0.5) is 4.39 Å². The standard InChI is InChI=1S/C19H18FNO3/c20-16-10-4-9-15(12-16)13-18(22)21-17(19(23)24)11-5-8-14-6-2-1-3-7-14/h1-10,12,17H,11,13H2,(H,21,22)(H,23,24)/b8-5+/t17-/m0/s1. The Bertz CT molecular complexity index is 728. The molecule has 24 heavy (non-hydrogen) atoms. The average Bonchev–Trinajstić information content (AvgIpc) is 2.54. The maximum Gasteiger partial charge on any atom is 0.326 e. The Morgan fingerprint density at radius 1 is 1.12 bits per heavy atom. The topological polar surface area (TPSA) is 66.4 Å². The molecule has 0 saturated heterocycles. The van der Waals surface area contributed by atoms with Gasteiger partial charge in [0, 0.05) is 0 Å². The zero-order chi connectivity index (χ0) is 17.4. The lowest BCUT2D eigenvalue weighted by atomic mass is 10.1. The first-order valence-corrected chi connectivity index (χ1v) is 7.53. The lowest BCUT2D eigenvalue weighted by Gasteiger charge is -2.12. The maximum absolute atomic E-state index is 13.1. The van der Waals surface area contributed by atoms with Crippen molar-refractivity contribution in [1.82, 2.24) is 5.32 Å². The number of carbonyl (C=O) groups excluding carboxylic acids is 1. The molecule has 1 atom stereocenters. The summed E-state index contributed by atoms with van der Waals surface area (Å²) in [7, 11) is 0. The first kappa shape index (κ1) is 17.4. The van der Waals surface area contributed by atoms with Gasteiger partial charge in [-0.2, -0.15) is 0 Å². The first-order valence-electron chi connectivity index (χ1n) is 7.53. The number of nitrogens with one attached hydrogen (secondary N) is 1. The zero-order valence-corrected chi connectivity index (χ0v) is 13.0. The smallest absolute Gasteiger partial charge is 0.326 e. The molecule has 0 aliphatic rings. The predicted octanol–water partition coefficient (Wildman–Crippen LogP) is 3.04. The van der Waals surface area contributed by atoms with Crippen molar-refractivity contribution in [1.29, 1.82) is 0 Å². The molecular formula is C19H18FNO3. The molecule has 124 valence electrons. The van der Waals surface area contributed by atoms with Crippen LogP contribution in [0.15, 0.2) is 60.7 Å². The fourth-order valence-electron chi connectivity index (χ4n) is 2.20. The van der Waals surface area contributed by atoms with Gasteiger partial charge in [0.2, 0.25) is 5.91 Å². The number of carbonyl (C=O) groups is 2. The number of carboxylic acid groups (broad SMARTS) is 1. The van der Waals surface area contributed by atoms with Crippen molar-refractivity contribution >= 4 is 18.0 Å². The van der Waals surface area contributed by atoms with Crippen molar-refractivity contribution in [2.75, 3.05) is 0 Å². The van der Waals surface area contributed by atoms with Crippen molar-refractivity contribution in [2.45, 2.75) is 18.9 Å². The Kier molecular flexibility index (Phi) is 6.25. The van der Waals surface area contributed by atoms with Gasteiger partial charge in [-0.05, 0) is 29.7 Å². The maximum atomic E-state index is 13.1. The van der Waals surface area contributed by atoms with Crippen LogP contribution in [-0.4, -0.2) is 23.0 Å². The minimum atomic E-state index is -1.11. The lowest BCUT2D eigenvalue weighted by Crippen LogP contribution is -2.41. The fourth-order valence-corrected chi connectivity index (χ4v) is 2.20. The molecule has 2 N–H and O–H groups in total. The summed E-state index contributed by atoms with van der Waals surface area (Å²) in [4.78, 5) is 23.2. The van der Waals surface area contributed by atoms with Crippen LogP contribution in [0.1, 0.15) is 17.5 Å². The SMILES string of the molecule is O=C(Cc1cccc(F)c1)N[C@@H](C/C=C/c1ccccc1)C(=O)O. The Hall–Kier alpha value is -2.95. The van der Waals surface area contributed by atoms with E-state index in [9.17, 15) is 19.1 Å². The van der Waals surface area contributed by atoms with Gasteiger partial charge in [-0.3, -0.25) is 4.79 Å². The van der Waals surface area contributed by atoms with Gasteiger partial charge in [-0.15, -0.1) is 0 Å². The molecule has 2 aromatic carbocycles. The minimum Gasteiger partial charge on any atom is -0.480 e. The average molecular weight is 327 g/mol. The van der Waals surface area contributed by atoms with Gasteiger partial charge < -0.3 is 10.4 Å². The van der Waals surface area contributed by atoms with E-state index in [0.717, 1.165) is 5.56 Å². The molecule has 0 saturated carbocycles. The number of hydrogen-bond acceptors (Lipinski definition) is 2. The summed E-state index contributed by atoms with van der Waals surface area (Å²) in [6, 6.07) is 14.1. The monoisotopic (exact) mass is 327 g/mol. The predicted molar refractivity (Wildman–Crippen MR) is 89.8 cm³/mol. The van der Waals surface area contributed by atoms with Crippen molar-refractivity contribution in [3.05, 3.63) is 77.6 Å². The molecule has 0 radical (unpaired) electrons. The third kappa shape index (κ3) is 5.68. The summed E-state index contributed by atoms with van der Waals surface area (Å²) in [6.07, 6.45) is 3.61. The van der Waals surface area contributed by atoms with Crippen molar-refractivity contribution in [2.24, 2.45) is 0 Å². The van der Waals surface area contributed by atoms with Crippen LogP contribution in [0.25, 0.3) is 6.08 Å². The second-order valence-electron chi connectivity index (χ2n) is 5.31. The van der Waals surface area contributed by atoms with E-state index in [1.807, 2.05) is 30.3 Å². The van der Waals surface area contributed by atoms with E-state index in [2.05, 4.69) is 5.32 Å². The summed E-state index contributed by atoms with van der Waals surface area (Å²) >= 11 is 0. The van der Waals surface area contributed by atoms with E-state index in [1.54, 1.807) is 18.2 Å². The number of rotatable bonds is 7. The number of benzene rings is 2. The van der Waals surface area contributed by atoms with Crippen molar-refractivity contribution in [3.8, 4) is 0 Å². The van der Waals surface area contributed by atoms with Crippen LogP contribution in [0, 0.1) is 5.82 Å². The Balaban J connectivity index is 1.92. The van der Waals surface area contributed by atoms with Gasteiger partial charge in [-0.25, -0.2) is 9.18 Å². The molecule has 0 aliphatic heterocycles. The van der Waals surface area contributed by atoms with Gasteiger partial charge in [0.15, 0.2) is 0 Å². The van der Waals surface area contributed by atoms with Gasteiger partial charge in [0.25, 0.3) is 0 Å². The second kappa shape index (κ2) is 8.62. The van der Waals surface area contributed by atoms with Crippen molar-refractivity contribution < 1.29 is 19.1 Å². The van der Waals surface area contributed by atoms with Gasteiger partial charge in [0.05, 0.1) is 6.42 Å². The molecular weight excluding hydrogens is 309 g/mol. The number of aliphatic carboxylic acids is 1. The molecule has 2 rings (SSSR count). The van der Waals surface area contributed by atoms with E-state index in [1.165, 1.54) is 18.2 Å². The highest BCUT2D eigenvalue weighted by molar-refractivity contribution is 5.85. The summed E-state index contributed by atoms with van der Waals surface area (Å²) in [6.45, 7) is 0. The van der Waals surface area contributed by atoms with Crippen LogP contribution < -0.4 is 5.32 Å². The van der Waals surface area contributed by atoms with Crippen LogP contribution in [-0.2, 0) is 16.0 Å². The quantitative estimate of drug-likeness (QED) is 0.821. The van der Waals surface area contributed by atoms with Crippen molar-refractivity contribution in [3.63, 3.8) is 0 Å². The Labute approximate surface area is 139 Å². The van der Waals surface area contributed by atoms with E-state index < -0.39 is 23.7 Å². The molecule has 1 amide bonds. The molecule has 5 heteroatoms. The van der Waals surface area contributed by atoms with Crippen LogP contribution >= 0.6 is 0 Å². The normalized spacial score (nSPS) is 12.0. The summed E-state index contributed by atoms with van der Waals surface area (Å²) in [5.41, 5.74) is 1.45. The van der Waals surface area contributed by atoms with E-state index in [4.69, 9.17) is 0 Å². The third-order valence-corrected chi connectivity index (χ3v) is 3.37. The summed E-state index contributed by atoms with van der Waals surface area (Å²) in [5.74, 6) is -2.00. The van der Waals surface area contributed by atoms with E-state index in [0.29, 0.717) is 5.56 Å². The van der Waals surface area contributed by atoms with Crippen LogP contribution in [0.2, 0.25) is 0 Å². The second-order valence-corrected chi connectivity index (χ2v) is 5.31. The zero-order valence-electron chi connectivity index (χ0n) is 13.0. The molecule has 4 nitrogen and oxygen atoms in total. The van der Waals surface area contributed by atoms with E-state index >= 15 is 0 Å². The van der Waals surface area contributed by atoms with E-state index in [-0.39, 0.29) is 12.8 Å². The molecule has 0 spiro atoms. The van der Waals surface area contributed by atoms with Crippen LogP contribution in [0.5, 0.6) is 0 Å². The number of halogens is 1. The van der Waals surface area contributed by atoms with Crippen LogP contribution in [0.3, 0.4) is 0 Å². The third-order valence-electron chi connectivity index (χ3n) is 3.37. The molecule has 0 bridgehead atoms. The van der Waals surface area contributed by atoms with Gasteiger partial charge >= 0.3 is 5.97 Å². The molecule has 0 aliphatic carbocycles. The first-order chi connectivity index (χ1) is 11.5. The number of carboxylic acids is 1. The fraction of sp³-hybridized carbons (Fsp3) is 0.158. The highest BCUT2D eigenvalue weighted by Crippen LogP contribution is 2.06. The summed E-state index contributed by atoms with van der Waals surface area (Å²) in [5, 5.41) is 11.7. The lowest BCUT2D eigenvalue weighted by molar-refractivity contribution is -0.141. The minimum absolute atomic E-state index is 0.0655. The highest BCUT2D eigenvalue weighted by atomic mass is 19.1. The number of amides is 1.